The van der Waals surface area contributed by atoms with Gasteiger partial charge in [-0.05, 0) is 42.9 Å². The van der Waals surface area contributed by atoms with Crippen LogP contribution in [0.1, 0.15) is 59.7 Å². The highest BCUT2D eigenvalue weighted by molar-refractivity contribution is 6.23. The molecule has 9 nitrogen and oxygen atoms in total. The van der Waals surface area contributed by atoms with Crippen molar-refractivity contribution in [2.45, 2.75) is 51.2 Å². The lowest BCUT2D eigenvalue weighted by Gasteiger charge is -2.42. The van der Waals surface area contributed by atoms with Gasteiger partial charge in [0.2, 0.25) is 17.7 Å². The number of rotatable bonds is 5. The molecule has 12 heteroatoms. The Kier molecular flexibility index (Phi) is 6.56. The van der Waals surface area contributed by atoms with Crippen molar-refractivity contribution in [1.82, 2.24) is 15.1 Å². The number of alkyl halides is 3. The maximum Gasteiger partial charge on any atom is 0.397 e. The van der Waals surface area contributed by atoms with E-state index in [9.17, 15) is 37.1 Å². The number of imide groups is 2. The van der Waals surface area contributed by atoms with E-state index in [1.807, 2.05) is 11.8 Å². The van der Waals surface area contributed by atoms with Gasteiger partial charge in [0.1, 0.15) is 12.5 Å². The van der Waals surface area contributed by atoms with Gasteiger partial charge in [0.15, 0.2) is 0 Å². The highest BCUT2D eigenvalue weighted by Gasteiger charge is 2.45. The van der Waals surface area contributed by atoms with Crippen LogP contribution in [0.2, 0.25) is 0 Å². The Hall–Kier alpha value is -3.44. The summed E-state index contributed by atoms with van der Waals surface area (Å²) >= 11 is 0. The number of anilines is 1. The number of piperidine rings is 2. The lowest BCUT2D eigenvalue weighted by molar-refractivity contribution is -0.161. The quantitative estimate of drug-likeness (QED) is 0.611. The van der Waals surface area contributed by atoms with Gasteiger partial charge in [-0.2, -0.15) is 13.2 Å². The molecule has 5 amide bonds. The highest BCUT2D eigenvalue weighted by Crippen LogP contribution is 2.36. The van der Waals surface area contributed by atoms with Crippen molar-refractivity contribution in [2.75, 3.05) is 31.6 Å². The zero-order valence-electron chi connectivity index (χ0n) is 20.0. The molecule has 194 valence electrons. The van der Waals surface area contributed by atoms with Gasteiger partial charge in [0.25, 0.3) is 11.8 Å². The second kappa shape index (κ2) is 9.21. The van der Waals surface area contributed by atoms with Gasteiger partial charge >= 0.3 is 6.18 Å². The molecule has 4 rings (SSSR count). The monoisotopic (exact) mass is 508 g/mol. The summed E-state index contributed by atoms with van der Waals surface area (Å²) in [5, 5.41) is 2.16. The number of carbonyl (C=O) groups excluding carboxylic acids is 5. The van der Waals surface area contributed by atoms with Crippen molar-refractivity contribution in [3.05, 3.63) is 29.3 Å². The Labute approximate surface area is 205 Å². The van der Waals surface area contributed by atoms with E-state index in [0.29, 0.717) is 31.6 Å². The van der Waals surface area contributed by atoms with Gasteiger partial charge < -0.3 is 9.80 Å². The number of benzene rings is 1. The summed E-state index contributed by atoms with van der Waals surface area (Å²) in [4.78, 5) is 65.6. The summed E-state index contributed by atoms with van der Waals surface area (Å²) < 4.78 is 37.7. The van der Waals surface area contributed by atoms with Crippen LogP contribution in [-0.4, -0.2) is 78.2 Å². The second-order valence-corrected chi connectivity index (χ2v) is 10.0. The minimum atomic E-state index is -4.55. The molecule has 2 saturated heterocycles. The van der Waals surface area contributed by atoms with Crippen LogP contribution in [0.4, 0.5) is 18.9 Å². The Morgan fingerprint density at radius 3 is 2.36 bits per heavy atom. The molecule has 0 saturated carbocycles. The average molecular weight is 508 g/mol. The average Bonchev–Trinajstić information content (AvgIpc) is 3.03. The summed E-state index contributed by atoms with van der Waals surface area (Å²) in [5.74, 6) is -3.24. The van der Waals surface area contributed by atoms with Crippen molar-refractivity contribution in [3.63, 3.8) is 0 Å². The van der Waals surface area contributed by atoms with E-state index in [1.165, 1.54) is 7.05 Å². The van der Waals surface area contributed by atoms with Gasteiger partial charge in [-0.15, -0.1) is 0 Å². The molecule has 0 aromatic heterocycles. The second-order valence-electron chi connectivity index (χ2n) is 10.0. The molecule has 0 spiro atoms. The number of amides is 5. The Morgan fingerprint density at radius 1 is 1.11 bits per heavy atom. The van der Waals surface area contributed by atoms with E-state index in [4.69, 9.17) is 0 Å². The number of fused-ring (bicyclic) bond motifs is 1. The summed E-state index contributed by atoms with van der Waals surface area (Å²) in [7, 11) is 1.38. The number of nitrogens with one attached hydrogen (secondary N) is 1. The van der Waals surface area contributed by atoms with Crippen LogP contribution in [0, 0.1) is 5.41 Å². The smallest absolute Gasteiger partial charge is 0.371 e. The predicted molar refractivity (Wildman–Crippen MR) is 121 cm³/mol. The number of nitrogens with zero attached hydrogens (tertiary/aromatic N) is 3. The van der Waals surface area contributed by atoms with Crippen molar-refractivity contribution in [1.29, 1.82) is 0 Å². The summed E-state index contributed by atoms with van der Waals surface area (Å²) in [6, 6.07) is 3.85. The molecule has 1 unspecified atom stereocenters. The van der Waals surface area contributed by atoms with Crippen molar-refractivity contribution < 1.29 is 37.1 Å². The molecular formula is C24H27F3N4O5. The Bertz CT molecular complexity index is 1130. The molecule has 36 heavy (non-hydrogen) atoms. The molecular weight excluding hydrogens is 481 g/mol. The van der Waals surface area contributed by atoms with Crippen LogP contribution in [-0.2, 0) is 14.4 Å². The van der Waals surface area contributed by atoms with Crippen LogP contribution in [0.3, 0.4) is 0 Å². The van der Waals surface area contributed by atoms with Crippen molar-refractivity contribution >= 4 is 35.2 Å². The van der Waals surface area contributed by atoms with Gasteiger partial charge in [-0.25, -0.2) is 0 Å². The van der Waals surface area contributed by atoms with Crippen molar-refractivity contribution in [2.24, 2.45) is 5.41 Å². The van der Waals surface area contributed by atoms with Crippen LogP contribution in [0.5, 0.6) is 0 Å². The fourth-order valence-corrected chi connectivity index (χ4v) is 5.09. The lowest BCUT2D eigenvalue weighted by Crippen LogP contribution is -2.54. The van der Waals surface area contributed by atoms with Crippen LogP contribution in [0.25, 0.3) is 0 Å². The molecule has 0 radical (unpaired) electrons. The minimum Gasteiger partial charge on any atom is -0.371 e. The zero-order valence-corrected chi connectivity index (χ0v) is 20.0. The zero-order chi connectivity index (χ0) is 26.4. The minimum absolute atomic E-state index is 0.0403. The van der Waals surface area contributed by atoms with E-state index in [-0.39, 0.29) is 35.9 Å². The first-order valence-corrected chi connectivity index (χ1v) is 11.7. The SMILES string of the molecule is CN(CC1(C)CCN(c2ccc3c(c2)C(=O)N(C2CCC(=O)NC2=O)C3=O)CC1)C(=O)CC(F)(F)F. The normalized spacial score (nSPS) is 22.0. The van der Waals surface area contributed by atoms with Crippen LogP contribution in [0.15, 0.2) is 18.2 Å². The third-order valence-corrected chi connectivity index (χ3v) is 7.16. The van der Waals surface area contributed by atoms with E-state index in [1.54, 1.807) is 18.2 Å². The van der Waals surface area contributed by atoms with Gasteiger partial charge in [0, 0.05) is 38.8 Å². The number of carbonyl (C=O) groups is 5. The molecule has 0 aliphatic carbocycles. The van der Waals surface area contributed by atoms with E-state index < -0.39 is 48.2 Å². The van der Waals surface area contributed by atoms with E-state index >= 15 is 0 Å². The lowest BCUT2D eigenvalue weighted by atomic mass is 9.79. The largest absolute Gasteiger partial charge is 0.397 e. The molecule has 3 aliphatic heterocycles. The first-order chi connectivity index (χ1) is 16.8. The maximum absolute atomic E-state index is 13.1. The fraction of sp³-hybridized carbons (Fsp3) is 0.542. The Balaban J connectivity index is 1.42. The fourth-order valence-electron chi connectivity index (χ4n) is 5.09. The third kappa shape index (κ3) is 5.07. The molecule has 3 aliphatic rings. The Morgan fingerprint density at radius 2 is 1.75 bits per heavy atom. The molecule has 1 aromatic carbocycles. The van der Waals surface area contributed by atoms with Gasteiger partial charge in [0.05, 0.1) is 11.1 Å². The summed E-state index contributed by atoms with van der Waals surface area (Å²) in [6.45, 7) is 3.24. The van der Waals surface area contributed by atoms with Gasteiger partial charge in [-0.3, -0.25) is 34.2 Å². The third-order valence-electron chi connectivity index (χ3n) is 7.16. The van der Waals surface area contributed by atoms with Gasteiger partial charge in [-0.1, -0.05) is 6.92 Å². The summed E-state index contributed by atoms with van der Waals surface area (Å²) in [6.07, 6.45) is -4.68. The molecule has 0 bridgehead atoms. The van der Waals surface area contributed by atoms with E-state index in [2.05, 4.69) is 5.32 Å². The number of hydrogen-bond donors (Lipinski definition) is 1. The molecule has 2 fully saturated rings. The van der Waals surface area contributed by atoms with Crippen LogP contribution >= 0.6 is 0 Å². The predicted octanol–water partition coefficient (Wildman–Crippen LogP) is 2.11. The molecule has 1 atom stereocenters. The maximum atomic E-state index is 13.1. The molecule has 1 N–H and O–H groups in total. The topological polar surface area (TPSA) is 107 Å². The first-order valence-electron chi connectivity index (χ1n) is 11.7. The number of halogens is 3. The molecule has 3 heterocycles. The standard InChI is InChI=1S/C24H27F3N4O5/c1-23(13-29(2)19(33)12-24(25,26)27)7-9-30(10-8-23)14-3-4-15-16(11-14)22(36)31(21(15)35)17-5-6-18(32)28-20(17)34/h3-4,11,17H,5-10,12-13H2,1-2H3,(H,28,32,34). The highest BCUT2D eigenvalue weighted by atomic mass is 19.4. The number of hydrogen-bond acceptors (Lipinski definition) is 6. The first kappa shape index (κ1) is 25.6. The molecule has 1 aromatic rings. The van der Waals surface area contributed by atoms with E-state index in [0.717, 1.165) is 9.80 Å². The summed E-state index contributed by atoms with van der Waals surface area (Å²) in [5.41, 5.74) is 0.731. The van der Waals surface area contributed by atoms with Crippen LogP contribution < -0.4 is 10.2 Å². The van der Waals surface area contributed by atoms with Crippen molar-refractivity contribution in [3.8, 4) is 0 Å².